The molecule has 0 aromatic rings. The molecular weight excluding hydrogens is 387 g/mol. The van der Waals surface area contributed by atoms with E-state index in [2.05, 4.69) is 27.4 Å². The molecule has 2 N–H and O–H groups in total. The number of guanidine groups is 1. The van der Waals surface area contributed by atoms with Gasteiger partial charge in [-0.3, -0.25) is 9.79 Å². The third kappa shape index (κ3) is 7.01. The summed E-state index contributed by atoms with van der Waals surface area (Å²) >= 11 is 2.02. The van der Waals surface area contributed by atoms with Crippen LogP contribution >= 0.6 is 35.7 Å². The maximum atomic E-state index is 11.6. The molecule has 0 radical (unpaired) electrons. The van der Waals surface area contributed by atoms with Crippen molar-refractivity contribution in [1.29, 1.82) is 0 Å². The molecule has 0 spiro atoms. The number of hydrogen-bond donors (Lipinski definition) is 2. The highest BCUT2D eigenvalue weighted by atomic mass is 127. The van der Waals surface area contributed by atoms with Crippen molar-refractivity contribution >= 4 is 47.6 Å². The molecule has 1 heterocycles. The Morgan fingerprint density at radius 3 is 2.75 bits per heavy atom. The molecule has 1 aliphatic rings. The molecule has 1 aliphatic heterocycles. The van der Waals surface area contributed by atoms with E-state index < -0.39 is 0 Å². The second-order valence-corrected chi connectivity index (χ2v) is 6.38. The van der Waals surface area contributed by atoms with Gasteiger partial charge in [-0.15, -0.1) is 24.0 Å². The fourth-order valence-corrected chi connectivity index (χ4v) is 3.20. The lowest BCUT2D eigenvalue weighted by molar-refractivity contribution is -0.120. The van der Waals surface area contributed by atoms with Crippen molar-refractivity contribution in [2.24, 2.45) is 4.99 Å². The summed E-state index contributed by atoms with van der Waals surface area (Å²) in [6.45, 7) is 8.42. The van der Waals surface area contributed by atoms with Gasteiger partial charge < -0.3 is 15.5 Å². The van der Waals surface area contributed by atoms with Crippen LogP contribution in [0.5, 0.6) is 0 Å². The standard InChI is InChI=1S/C13H26N4OS.HI/c1-5-11-9-17(6-7-19-11)13(14-4)15-8-12(18)16-10(2)3;/h10-11H,5-9H2,1-4H3,(H,14,15)(H,16,18);1H. The lowest BCUT2D eigenvalue weighted by atomic mass is 10.3. The Bertz CT molecular complexity index is 325. The van der Waals surface area contributed by atoms with Crippen LogP contribution in [0.25, 0.3) is 0 Å². The minimum absolute atomic E-state index is 0. The molecule has 0 aliphatic carbocycles. The van der Waals surface area contributed by atoms with Gasteiger partial charge in [-0.05, 0) is 20.3 Å². The van der Waals surface area contributed by atoms with Crippen molar-refractivity contribution in [2.45, 2.75) is 38.5 Å². The van der Waals surface area contributed by atoms with E-state index in [1.165, 1.54) is 6.42 Å². The number of thioether (sulfide) groups is 1. The van der Waals surface area contributed by atoms with Gasteiger partial charge >= 0.3 is 0 Å². The Balaban J connectivity index is 0.00000361. The van der Waals surface area contributed by atoms with E-state index in [-0.39, 0.29) is 42.5 Å². The highest BCUT2D eigenvalue weighted by Crippen LogP contribution is 2.20. The highest BCUT2D eigenvalue weighted by molar-refractivity contribution is 14.0. The zero-order valence-electron chi connectivity index (χ0n) is 12.8. The summed E-state index contributed by atoms with van der Waals surface area (Å²) < 4.78 is 0. The monoisotopic (exact) mass is 414 g/mol. The quantitative estimate of drug-likeness (QED) is 0.416. The number of nitrogens with zero attached hydrogens (tertiary/aromatic N) is 2. The van der Waals surface area contributed by atoms with E-state index in [1.54, 1.807) is 7.05 Å². The van der Waals surface area contributed by atoms with Crippen LogP contribution in [0.15, 0.2) is 4.99 Å². The summed E-state index contributed by atoms with van der Waals surface area (Å²) in [4.78, 5) is 18.1. The van der Waals surface area contributed by atoms with Gasteiger partial charge in [0, 0.05) is 37.2 Å². The fraction of sp³-hybridized carbons (Fsp3) is 0.846. The molecule has 1 atom stereocenters. The summed E-state index contributed by atoms with van der Waals surface area (Å²) in [6, 6.07) is 0.173. The fourth-order valence-electron chi connectivity index (χ4n) is 2.02. The lowest BCUT2D eigenvalue weighted by Gasteiger charge is -2.34. The Morgan fingerprint density at radius 2 is 2.20 bits per heavy atom. The normalized spacial score (nSPS) is 19.6. The van der Waals surface area contributed by atoms with Gasteiger partial charge in [-0.1, -0.05) is 6.92 Å². The first kappa shape index (κ1) is 19.8. The molecule has 5 nitrogen and oxygen atoms in total. The summed E-state index contributed by atoms with van der Waals surface area (Å²) in [7, 11) is 1.77. The molecule has 1 fully saturated rings. The number of carbonyl (C=O) groups excluding carboxylic acids is 1. The molecule has 20 heavy (non-hydrogen) atoms. The van der Waals surface area contributed by atoms with E-state index in [0.717, 1.165) is 24.8 Å². The molecule has 1 saturated heterocycles. The van der Waals surface area contributed by atoms with E-state index in [4.69, 9.17) is 0 Å². The smallest absolute Gasteiger partial charge is 0.239 e. The van der Waals surface area contributed by atoms with E-state index in [9.17, 15) is 4.79 Å². The first-order valence-electron chi connectivity index (χ1n) is 6.93. The average molecular weight is 414 g/mol. The molecule has 0 aromatic heterocycles. The summed E-state index contributed by atoms with van der Waals surface area (Å²) in [6.07, 6.45) is 1.17. The first-order valence-corrected chi connectivity index (χ1v) is 7.98. The number of carbonyl (C=O) groups is 1. The zero-order valence-corrected chi connectivity index (χ0v) is 16.0. The Morgan fingerprint density at radius 1 is 1.50 bits per heavy atom. The molecule has 0 saturated carbocycles. The Kier molecular flexibility index (Phi) is 10.4. The molecule has 118 valence electrons. The number of aliphatic imine (C=N–C) groups is 1. The third-order valence-electron chi connectivity index (χ3n) is 2.96. The van der Waals surface area contributed by atoms with E-state index >= 15 is 0 Å². The maximum absolute atomic E-state index is 11.6. The van der Waals surface area contributed by atoms with Crippen LogP contribution in [0.4, 0.5) is 0 Å². The summed E-state index contributed by atoms with van der Waals surface area (Å²) in [5.41, 5.74) is 0. The van der Waals surface area contributed by atoms with Crippen molar-refractivity contribution in [3.05, 3.63) is 0 Å². The van der Waals surface area contributed by atoms with Crippen molar-refractivity contribution in [3.8, 4) is 0 Å². The SMILES string of the molecule is CCC1CN(C(=NC)NCC(=O)NC(C)C)CCS1.I. The van der Waals surface area contributed by atoms with Gasteiger partial charge in [0.15, 0.2) is 5.96 Å². The topological polar surface area (TPSA) is 56.7 Å². The maximum Gasteiger partial charge on any atom is 0.239 e. The van der Waals surface area contributed by atoms with Crippen LogP contribution in [-0.4, -0.2) is 60.5 Å². The minimum Gasteiger partial charge on any atom is -0.352 e. The zero-order chi connectivity index (χ0) is 14.3. The van der Waals surface area contributed by atoms with E-state index in [1.807, 2.05) is 25.6 Å². The van der Waals surface area contributed by atoms with Gasteiger partial charge in [0.2, 0.25) is 5.91 Å². The highest BCUT2D eigenvalue weighted by Gasteiger charge is 2.21. The molecule has 0 aromatic carbocycles. The van der Waals surface area contributed by atoms with Crippen molar-refractivity contribution < 1.29 is 4.79 Å². The van der Waals surface area contributed by atoms with Crippen LogP contribution in [0.2, 0.25) is 0 Å². The van der Waals surface area contributed by atoms with Crippen LogP contribution in [0.1, 0.15) is 27.2 Å². The number of hydrogen-bond acceptors (Lipinski definition) is 3. The van der Waals surface area contributed by atoms with Gasteiger partial charge in [0.1, 0.15) is 0 Å². The third-order valence-corrected chi connectivity index (χ3v) is 4.33. The molecule has 1 amide bonds. The molecule has 1 unspecified atom stereocenters. The molecule has 1 rings (SSSR count). The number of halogens is 1. The second-order valence-electron chi connectivity index (χ2n) is 4.97. The summed E-state index contributed by atoms with van der Waals surface area (Å²) in [5.74, 6) is 1.96. The number of nitrogens with one attached hydrogen (secondary N) is 2. The van der Waals surface area contributed by atoms with Crippen molar-refractivity contribution in [1.82, 2.24) is 15.5 Å². The van der Waals surface area contributed by atoms with Crippen LogP contribution in [0, 0.1) is 0 Å². The number of amides is 1. The molecule has 7 heteroatoms. The second kappa shape index (κ2) is 10.5. The van der Waals surface area contributed by atoms with E-state index in [0.29, 0.717) is 5.25 Å². The minimum atomic E-state index is 0. The predicted molar refractivity (Wildman–Crippen MR) is 98.2 cm³/mol. The van der Waals surface area contributed by atoms with Crippen molar-refractivity contribution in [3.63, 3.8) is 0 Å². The van der Waals surface area contributed by atoms with Crippen LogP contribution in [-0.2, 0) is 4.79 Å². The predicted octanol–water partition coefficient (Wildman–Crippen LogP) is 1.53. The average Bonchev–Trinajstić information content (AvgIpc) is 2.39. The van der Waals surface area contributed by atoms with Gasteiger partial charge in [-0.25, -0.2) is 0 Å². The summed E-state index contributed by atoms with van der Waals surface area (Å²) in [5, 5.41) is 6.67. The lowest BCUT2D eigenvalue weighted by Crippen LogP contribution is -2.50. The van der Waals surface area contributed by atoms with Crippen molar-refractivity contribution in [2.75, 3.05) is 32.4 Å². The Labute approximate surface area is 143 Å². The molecular formula is C13H27IN4OS. The molecule has 0 bridgehead atoms. The van der Waals surface area contributed by atoms with Gasteiger partial charge in [0.25, 0.3) is 0 Å². The number of rotatable bonds is 4. The van der Waals surface area contributed by atoms with Crippen LogP contribution in [0.3, 0.4) is 0 Å². The van der Waals surface area contributed by atoms with Gasteiger partial charge in [0.05, 0.1) is 6.54 Å². The van der Waals surface area contributed by atoms with Crippen LogP contribution < -0.4 is 10.6 Å². The Hall–Kier alpha value is -0.180. The largest absolute Gasteiger partial charge is 0.352 e. The van der Waals surface area contributed by atoms with Gasteiger partial charge in [-0.2, -0.15) is 11.8 Å². The first-order chi connectivity index (χ1) is 9.06.